The van der Waals surface area contributed by atoms with Crippen molar-refractivity contribution in [3.63, 3.8) is 0 Å². The highest BCUT2D eigenvalue weighted by atomic mass is 16.3. The Morgan fingerprint density at radius 3 is 2.90 bits per heavy atom. The molecule has 0 spiro atoms. The number of nitrogens with zero attached hydrogens (tertiary/aromatic N) is 1. The van der Waals surface area contributed by atoms with Gasteiger partial charge in [-0.25, -0.2) is 0 Å². The lowest BCUT2D eigenvalue weighted by molar-refractivity contribution is 0.478. The van der Waals surface area contributed by atoms with Crippen molar-refractivity contribution in [3.8, 4) is 6.07 Å². The van der Waals surface area contributed by atoms with Gasteiger partial charge in [0.25, 0.3) is 0 Å². The maximum absolute atomic E-state index is 8.49. The predicted molar refractivity (Wildman–Crippen MR) is 36.0 cm³/mol. The predicted octanol–water partition coefficient (Wildman–Crippen LogP) is 1.17. The summed E-state index contributed by atoms with van der Waals surface area (Å²) in [5, 5.41) is 8.49. The van der Waals surface area contributed by atoms with Crippen LogP contribution < -0.4 is 5.73 Å². The highest BCUT2D eigenvalue weighted by molar-refractivity contribution is 5.32. The van der Waals surface area contributed by atoms with Gasteiger partial charge >= 0.3 is 0 Å². The standard InChI is InChI=1S/C7H8N2O/c1-5(9)7-6(4-8)2-3-10-7/h2-3,5H,9H2,1H3. The summed E-state index contributed by atoms with van der Waals surface area (Å²) in [6.07, 6.45) is 1.47. The smallest absolute Gasteiger partial charge is 0.137 e. The third kappa shape index (κ3) is 1.02. The molecule has 1 atom stereocenters. The van der Waals surface area contributed by atoms with E-state index in [1.165, 1.54) is 6.26 Å². The fourth-order valence-corrected chi connectivity index (χ4v) is 0.766. The van der Waals surface area contributed by atoms with Gasteiger partial charge < -0.3 is 10.2 Å². The first-order valence-corrected chi connectivity index (χ1v) is 2.98. The fourth-order valence-electron chi connectivity index (χ4n) is 0.766. The van der Waals surface area contributed by atoms with Crippen molar-refractivity contribution in [3.05, 3.63) is 23.7 Å². The van der Waals surface area contributed by atoms with Crippen LogP contribution in [0.15, 0.2) is 16.7 Å². The van der Waals surface area contributed by atoms with Crippen LogP contribution in [-0.2, 0) is 0 Å². The summed E-state index contributed by atoms with van der Waals surface area (Å²) in [5.41, 5.74) is 6.01. The third-order valence-electron chi connectivity index (χ3n) is 1.23. The van der Waals surface area contributed by atoms with Crippen LogP contribution in [0.25, 0.3) is 0 Å². The van der Waals surface area contributed by atoms with Crippen LogP contribution in [0.2, 0.25) is 0 Å². The maximum atomic E-state index is 8.49. The Balaban J connectivity index is 3.05. The number of nitriles is 1. The molecule has 0 saturated carbocycles. The van der Waals surface area contributed by atoms with E-state index in [-0.39, 0.29) is 6.04 Å². The quantitative estimate of drug-likeness (QED) is 0.630. The van der Waals surface area contributed by atoms with Gasteiger partial charge in [0, 0.05) is 0 Å². The molecule has 0 amide bonds. The van der Waals surface area contributed by atoms with Gasteiger partial charge in [0.2, 0.25) is 0 Å². The molecular formula is C7H8N2O. The minimum atomic E-state index is -0.204. The minimum Gasteiger partial charge on any atom is -0.466 e. The van der Waals surface area contributed by atoms with Gasteiger partial charge in [-0.05, 0) is 13.0 Å². The molecule has 3 heteroatoms. The minimum absolute atomic E-state index is 0.204. The molecule has 0 saturated heterocycles. The molecule has 10 heavy (non-hydrogen) atoms. The summed E-state index contributed by atoms with van der Waals surface area (Å²) in [6.45, 7) is 1.78. The molecule has 0 aliphatic carbocycles. The average Bonchev–Trinajstić information content (AvgIpc) is 2.33. The molecule has 52 valence electrons. The van der Waals surface area contributed by atoms with Gasteiger partial charge in [-0.2, -0.15) is 5.26 Å². The summed E-state index contributed by atoms with van der Waals surface area (Å²) in [5.74, 6) is 0.558. The van der Waals surface area contributed by atoms with Crippen molar-refractivity contribution in [1.29, 1.82) is 5.26 Å². The molecule has 1 heterocycles. The highest BCUT2D eigenvalue weighted by Crippen LogP contribution is 2.15. The Bertz CT molecular complexity index is 257. The lowest BCUT2D eigenvalue weighted by atomic mass is 10.2. The normalized spacial score (nSPS) is 12.5. The number of rotatable bonds is 1. The first kappa shape index (κ1) is 6.84. The van der Waals surface area contributed by atoms with Crippen molar-refractivity contribution in [2.75, 3.05) is 0 Å². The van der Waals surface area contributed by atoms with Crippen LogP contribution in [0.3, 0.4) is 0 Å². The SMILES string of the molecule is CC(N)c1occc1C#N. The van der Waals surface area contributed by atoms with E-state index in [2.05, 4.69) is 0 Å². The van der Waals surface area contributed by atoms with Crippen LogP contribution in [0.5, 0.6) is 0 Å². The van der Waals surface area contributed by atoms with Crippen LogP contribution in [0.4, 0.5) is 0 Å². The van der Waals surface area contributed by atoms with E-state index in [0.717, 1.165) is 0 Å². The van der Waals surface area contributed by atoms with E-state index in [9.17, 15) is 0 Å². The zero-order valence-electron chi connectivity index (χ0n) is 5.66. The lowest BCUT2D eigenvalue weighted by Crippen LogP contribution is -2.04. The number of hydrogen-bond donors (Lipinski definition) is 1. The van der Waals surface area contributed by atoms with Gasteiger partial charge in [0.1, 0.15) is 11.8 Å². The molecule has 1 rings (SSSR count). The summed E-state index contributed by atoms with van der Waals surface area (Å²) in [4.78, 5) is 0. The summed E-state index contributed by atoms with van der Waals surface area (Å²) in [7, 11) is 0. The molecule has 1 aromatic heterocycles. The van der Waals surface area contributed by atoms with E-state index < -0.39 is 0 Å². The molecule has 1 unspecified atom stereocenters. The Morgan fingerprint density at radius 2 is 2.50 bits per heavy atom. The second-order valence-corrected chi connectivity index (χ2v) is 2.10. The number of hydrogen-bond acceptors (Lipinski definition) is 3. The van der Waals surface area contributed by atoms with E-state index in [1.54, 1.807) is 13.0 Å². The summed E-state index contributed by atoms with van der Waals surface area (Å²) >= 11 is 0. The summed E-state index contributed by atoms with van der Waals surface area (Å²) < 4.78 is 4.97. The average molecular weight is 136 g/mol. The topological polar surface area (TPSA) is 62.9 Å². The molecule has 0 bridgehead atoms. The highest BCUT2D eigenvalue weighted by Gasteiger charge is 2.08. The Morgan fingerprint density at radius 1 is 1.80 bits per heavy atom. The summed E-state index contributed by atoms with van der Waals surface area (Å²) in [6, 6.07) is 3.39. The molecule has 0 fully saturated rings. The van der Waals surface area contributed by atoms with Crippen molar-refractivity contribution in [2.45, 2.75) is 13.0 Å². The maximum Gasteiger partial charge on any atom is 0.137 e. The molecule has 3 nitrogen and oxygen atoms in total. The van der Waals surface area contributed by atoms with E-state index in [0.29, 0.717) is 11.3 Å². The molecular weight excluding hydrogens is 128 g/mol. The van der Waals surface area contributed by atoms with Crippen LogP contribution in [-0.4, -0.2) is 0 Å². The fraction of sp³-hybridized carbons (Fsp3) is 0.286. The zero-order chi connectivity index (χ0) is 7.56. The van der Waals surface area contributed by atoms with Crippen molar-refractivity contribution >= 4 is 0 Å². The van der Waals surface area contributed by atoms with E-state index in [1.807, 2.05) is 6.07 Å². The van der Waals surface area contributed by atoms with Crippen molar-refractivity contribution in [2.24, 2.45) is 5.73 Å². The van der Waals surface area contributed by atoms with Crippen LogP contribution in [0.1, 0.15) is 24.3 Å². The molecule has 0 radical (unpaired) electrons. The lowest BCUT2D eigenvalue weighted by Gasteiger charge is -1.98. The van der Waals surface area contributed by atoms with E-state index >= 15 is 0 Å². The van der Waals surface area contributed by atoms with Gasteiger partial charge in [0.15, 0.2) is 0 Å². The molecule has 1 aromatic rings. The Kier molecular flexibility index (Phi) is 1.74. The van der Waals surface area contributed by atoms with Gasteiger partial charge in [-0.15, -0.1) is 0 Å². The van der Waals surface area contributed by atoms with Gasteiger partial charge in [0.05, 0.1) is 17.9 Å². The zero-order valence-corrected chi connectivity index (χ0v) is 5.66. The second kappa shape index (κ2) is 2.54. The van der Waals surface area contributed by atoms with Crippen LogP contribution >= 0.6 is 0 Å². The molecule has 0 aliphatic heterocycles. The van der Waals surface area contributed by atoms with Crippen LogP contribution in [0, 0.1) is 11.3 Å². The van der Waals surface area contributed by atoms with Gasteiger partial charge in [-0.1, -0.05) is 0 Å². The monoisotopic (exact) mass is 136 g/mol. The Labute approximate surface area is 59.1 Å². The Hall–Kier alpha value is -1.27. The second-order valence-electron chi connectivity index (χ2n) is 2.10. The van der Waals surface area contributed by atoms with Crippen molar-refractivity contribution in [1.82, 2.24) is 0 Å². The molecule has 2 N–H and O–H groups in total. The molecule has 0 aromatic carbocycles. The largest absolute Gasteiger partial charge is 0.466 e. The van der Waals surface area contributed by atoms with Gasteiger partial charge in [-0.3, -0.25) is 0 Å². The molecule has 0 aliphatic rings. The first-order valence-electron chi connectivity index (χ1n) is 2.98. The number of nitrogens with two attached hydrogens (primary N) is 1. The first-order chi connectivity index (χ1) is 4.75. The van der Waals surface area contributed by atoms with Crippen molar-refractivity contribution < 1.29 is 4.42 Å². The number of furan rings is 1. The van der Waals surface area contributed by atoms with E-state index in [4.69, 9.17) is 15.4 Å². The third-order valence-corrected chi connectivity index (χ3v) is 1.23.